The molecule has 0 fully saturated rings. The van der Waals surface area contributed by atoms with E-state index in [0.717, 1.165) is 17.7 Å². The van der Waals surface area contributed by atoms with Gasteiger partial charge in [0.2, 0.25) is 5.91 Å². The molecule has 0 saturated carbocycles. The van der Waals surface area contributed by atoms with E-state index < -0.39 is 0 Å². The summed E-state index contributed by atoms with van der Waals surface area (Å²) >= 11 is 0. The number of aromatic nitrogens is 1. The number of nitrogens with two attached hydrogens (primary N) is 1. The minimum Gasteiger partial charge on any atom is -0.399 e. The maximum atomic E-state index is 11.9. The van der Waals surface area contributed by atoms with E-state index in [1.165, 1.54) is 5.56 Å². The van der Waals surface area contributed by atoms with E-state index in [0.29, 0.717) is 13.0 Å². The van der Waals surface area contributed by atoms with Gasteiger partial charge in [0.15, 0.2) is 0 Å². The zero-order chi connectivity index (χ0) is 15.1. The summed E-state index contributed by atoms with van der Waals surface area (Å²) in [7, 11) is 0. The second-order valence-electron chi connectivity index (χ2n) is 5.23. The first-order chi connectivity index (χ1) is 10.1. The average Bonchev–Trinajstić information content (AvgIpc) is 2.49. The van der Waals surface area contributed by atoms with Crippen molar-refractivity contribution in [1.82, 2.24) is 10.3 Å². The standard InChI is InChI=1S/C17H21N3O/c1-13(15-2-4-16(18)5-3-15)12-17(21)20-11-8-14-6-9-19-10-7-14/h2-7,9-10,13H,8,11-12,18H2,1H3,(H,20,21). The third kappa shape index (κ3) is 4.91. The van der Waals surface area contributed by atoms with Crippen LogP contribution in [0.2, 0.25) is 0 Å². The maximum Gasteiger partial charge on any atom is 0.220 e. The number of nitrogens with zero attached hydrogens (tertiary/aromatic N) is 1. The highest BCUT2D eigenvalue weighted by molar-refractivity contribution is 5.76. The second kappa shape index (κ2) is 7.43. The molecule has 1 unspecified atom stereocenters. The topological polar surface area (TPSA) is 68.0 Å². The Morgan fingerprint density at radius 1 is 1.19 bits per heavy atom. The summed E-state index contributed by atoms with van der Waals surface area (Å²) in [5.41, 5.74) is 8.72. The van der Waals surface area contributed by atoms with E-state index >= 15 is 0 Å². The van der Waals surface area contributed by atoms with Crippen LogP contribution in [0.5, 0.6) is 0 Å². The Hall–Kier alpha value is -2.36. The van der Waals surface area contributed by atoms with Crippen LogP contribution in [0.25, 0.3) is 0 Å². The quantitative estimate of drug-likeness (QED) is 0.800. The molecule has 2 aromatic rings. The highest BCUT2D eigenvalue weighted by Crippen LogP contribution is 2.19. The van der Waals surface area contributed by atoms with Crippen molar-refractivity contribution in [1.29, 1.82) is 0 Å². The largest absolute Gasteiger partial charge is 0.399 e. The highest BCUT2D eigenvalue weighted by Gasteiger charge is 2.10. The molecule has 1 amide bonds. The molecule has 4 heteroatoms. The molecule has 3 N–H and O–H groups in total. The monoisotopic (exact) mass is 283 g/mol. The fourth-order valence-electron chi connectivity index (χ4n) is 2.19. The third-order valence-electron chi connectivity index (χ3n) is 3.48. The predicted molar refractivity (Wildman–Crippen MR) is 84.8 cm³/mol. The number of amides is 1. The van der Waals surface area contributed by atoms with E-state index in [1.807, 2.05) is 43.3 Å². The minimum absolute atomic E-state index is 0.0772. The summed E-state index contributed by atoms with van der Waals surface area (Å²) in [5.74, 6) is 0.264. The van der Waals surface area contributed by atoms with Gasteiger partial charge in [0.1, 0.15) is 0 Å². The second-order valence-corrected chi connectivity index (χ2v) is 5.23. The molecule has 0 aliphatic rings. The number of nitrogens with one attached hydrogen (secondary N) is 1. The average molecular weight is 283 g/mol. The number of hydrogen-bond donors (Lipinski definition) is 2. The van der Waals surface area contributed by atoms with E-state index in [1.54, 1.807) is 12.4 Å². The van der Waals surface area contributed by atoms with Gasteiger partial charge in [-0.25, -0.2) is 0 Å². The summed E-state index contributed by atoms with van der Waals surface area (Å²) in [6.45, 7) is 2.70. The molecule has 1 atom stereocenters. The van der Waals surface area contributed by atoms with Crippen LogP contribution in [0, 0.1) is 0 Å². The SMILES string of the molecule is CC(CC(=O)NCCc1ccncc1)c1ccc(N)cc1. The van der Waals surface area contributed by atoms with Crippen molar-refractivity contribution in [3.05, 3.63) is 59.9 Å². The molecule has 1 aromatic heterocycles. The molecule has 2 rings (SSSR count). The lowest BCUT2D eigenvalue weighted by Crippen LogP contribution is -2.26. The van der Waals surface area contributed by atoms with Gasteiger partial charge < -0.3 is 11.1 Å². The molecular weight excluding hydrogens is 262 g/mol. The van der Waals surface area contributed by atoms with Crippen molar-refractivity contribution in [2.75, 3.05) is 12.3 Å². The number of carbonyl (C=O) groups is 1. The van der Waals surface area contributed by atoms with Crippen molar-refractivity contribution < 1.29 is 4.79 Å². The zero-order valence-corrected chi connectivity index (χ0v) is 12.3. The number of benzene rings is 1. The molecule has 0 aliphatic heterocycles. The van der Waals surface area contributed by atoms with Gasteiger partial charge >= 0.3 is 0 Å². The van der Waals surface area contributed by atoms with Gasteiger partial charge in [-0.1, -0.05) is 19.1 Å². The van der Waals surface area contributed by atoms with Crippen LogP contribution in [0.3, 0.4) is 0 Å². The Morgan fingerprint density at radius 2 is 1.86 bits per heavy atom. The smallest absolute Gasteiger partial charge is 0.220 e. The van der Waals surface area contributed by atoms with Gasteiger partial charge in [-0.15, -0.1) is 0 Å². The first-order valence-electron chi connectivity index (χ1n) is 7.16. The number of pyridine rings is 1. The molecule has 0 aliphatic carbocycles. The van der Waals surface area contributed by atoms with Gasteiger partial charge in [-0.05, 0) is 47.7 Å². The highest BCUT2D eigenvalue weighted by atomic mass is 16.1. The first kappa shape index (κ1) is 15.0. The Labute approximate surface area is 125 Å². The van der Waals surface area contributed by atoms with Gasteiger partial charge in [0.25, 0.3) is 0 Å². The molecule has 1 heterocycles. The molecule has 0 bridgehead atoms. The molecule has 21 heavy (non-hydrogen) atoms. The molecule has 0 spiro atoms. The van der Waals surface area contributed by atoms with E-state index in [4.69, 9.17) is 5.73 Å². The molecule has 4 nitrogen and oxygen atoms in total. The molecule has 0 saturated heterocycles. The fourth-order valence-corrected chi connectivity index (χ4v) is 2.19. The molecule has 110 valence electrons. The Bertz CT molecular complexity index is 566. The van der Waals surface area contributed by atoms with Crippen molar-refractivity contribution >= 4 is 11.6 Å². The molecule has 0 radical (unpaired) electrons. The van der Waals surface area contributed by atoms with Crippen LogP contribution in [0.4, 0.5) is 5.69 Å². The Morgan fingerprint density at radius 3 is 2.52 bits per heavy atom. The van der Waals surface area contributed by atoms with Crippen LogP contribution in [0.15, 0.2) is 48.8 Å². The lowest BCUT2D eigenvalue weighted by atomic mass is 9.97. The maximum absolute atomic E-state index is 11.9. The number of nitrogen functional groups attached to an aromatic ring is 1. The first-order valence-corrected chi connectivity index (χ1v) is 7.16. The van der Waals surface area contributed by atoms with Crippen molar-refractivity contribution in [2.45, 2.75) is 25.7 Å². The minimum atomic E-state index is 0.0772. The van der Waals surface area contributed by atoms with Crippen LogP contribution < -0.4 is 11.1 Å². The Balaban J connectivity index is 1.75. The van der Waals surface area contributed by atoms with Crippen LogP contribution >= 0.6 is 0 Å². The third-order valence-corrected chi connectivity index (χ3v) is 3.48. The number of carbonyl (C=O) groups excluding carboxylic acids is 1. The van der Waals surface area contributed by atoms with E-state index in [2.05, 4.69) is 10.3 Å². The van der Waals surface area contributed by atoms with Gasteiger partial charge in [0.05, 0.1) is 0 Å². The van der Waals surface area contributed by atoms with Crippen molar-refractivity contribution in [3.8, 4) is 0 Å². The van der Waals surface area contributed by atoms with Gasteiger partial charge in [0, 0.05) is 31.0 Å². The molecule has 1 aromatic carbocycles. The lowest BCUT2D eigenvalue weighted by molar-refractivity contribution is -0.121. The fraction of sp³-hybridized carbons (Fsp3) is 0.294. The van der Waals surface area contributed by atoms with Crippen LogP contribution in [-0.4, -0.2) is 17.4 Å². The van der Waals surface area contributed by atoms with Gasteiger partial charge in [-0.2, -0.15) is 0 Å². The lowest BCUT2D eigenvalue weighted by Gasteiger charge is -2.12. The van der Waals surface area contributed by atoms with Crippen molar-refractivity contribution in [2.24, 2.45) is 0 Å². The number of rotatable bonds is 6. The van der Waals surface area contributed by atoms with E-state index in [9.17, 15) is 4.79 Å². The number of anilines is 1. The van der Waals surface area contributed by atoms with E-state index in [-0.39, 0.29) is 11.8 Å². The summed E-state index contributed by atoms with van der Waals surface area (Å²) in [4.78, 5) is 15.9. The van der Waals surface area contributed by atoms with Crippen LogP contribution in [-0.2, 0) is 11.2 Å². The normalized spacial score (nSPS) is 11.9. The predicted octanol–water partition coefficient (Wildman–Crippen LogP) is 2.52. The molecular formula is C17H21N3O. The zero-order valence-electron chi connectivity index (χ0n) is 12.3. The van der Waals surface area contributed by atoms with Gasteiger partial charge in [-0.3, -0.25) is 9.78 Å². The number of hydrogen-bond acceptors (Lipinski definition) is 3. The summed E-state index contributed by atoms with van der Waals surface area (Å²) in [5, 5.41) is 2.96. The van der Waals surface area contributed by atoms with Crippen LogP contribution in [0.1, 0.15) is 30.4 Å². The van der Waals surface area contributed by atoms with Crippen molar-refractivity contribution in [3.63, 3.8) is 0 Å². The summed E-state index contributed by atoms with van der Waals surface area (Å²) < 4.78 is 0. The summed E-state index contributed by atoms with van der Waals surface area (Å²) in [6, 6.07) is 11.6. The Kier molecular flexibility index (Phi) is 5.32. The summed E-state index contributed by atoms with van der Waals surface area (Å²) in [6.07, 6.45) is 4.84.